The number of nitro groups is 1. The van der Waals surface area contributed by atoms with E-state index in [0.717, 1.165) is 12.1 Å². The molecule has 1 aromatic rings. The first kappa shape index (κ1) is 14.0. The van der Waals surface area contributed by atoms with Crippen LogP contribution in [0.25, 0.3) is 0 Å². The number of halogens is 2. The number of nitrogens with zero attached hydrogens (tertiary/aromatic N) is 1. The molecule has 0 heterocycles. The molecule has 0 amide bonds. The van der Waals surface area contributed by atoms with Gasteiger partial charge in [-0.15, -0.1) is 0 Å². The van der Waals surface area contributed by atoms with Crippen molar-refractivity contribution in [1.82, 2.24) is 0 Å². The van der Waals surface area contributed by atoms with E-state index in [2.05, 4.69) is 28.6 Å². The van der Waals surface area contributed by atoms with Crippen LogP contribution in [-0.4, -0.2) is 17.3 Å². The predicted octanol–water partition coefficient (Wildman–Crippen LogP) is 3.36. The molecule has 0 atom stereocenters. The Bertz CT molecular complexity index is 453. The van der Waals surface area contributed by atoms with Gasteiger partial charge < -0.3 is 4.74 Å². The van der Waals surface area contributed by atoms with Crippen LogP contribution in [0.15, 0.2) is 28.8 Å². The highest BCUT2D eigenvalue weighted by Crippen LogP contribution is 2.35. The number of nitro benzene ring substituents is 1. The molecule has 0 aliphatic heterocycles. The second kappa shape index (κ2) is 6.61. The molecule has 4 nitrogen and oxygen atoms in total. The molecule has 0 radical (unpaired) electrons. The number of hydrogen-bond donors (Lipinski definition) is 1. The normalized spacial score (nSPS) is 10.8. The van der Waals surface area contributed by atoms with Gasteiger partial charge in [-0.25, -0.2) is 4.39 Å². The van der Waals surface area contributed by atoms with Crippen molar-refractivity contribution in [3.63, 3.8) is 0 Å². The third-order valence-corrected chi connectivity index (χ3v) is 2.58. The van der Waals surface area contributed by atoms with Crippen LogP contribution in [-0.2, 0) is 0 Å². The summed E-state index contributed by atoms with van der Waals surface area (Å²) in [6.45, 7) is 0.158. The van der Waals surface area contributed by atoms with Gasteiger partial charge in [-0.05, 0) is 22.0 Å². The lowest BCUT2D eigenvalue weighted by atomic mass is 10.3. The van der Waals surface area contributed by atoms with Gasteiger partial charge in [0.2, 0.25) is 5.75 Å². The van der Waals surface area contributed by atoms with Gasteiger partial charge in [0.1, 0.15) is 12.4 Å². The average molecular weight is 322 g/mol. The van der Waals surface area contributed by atoms with Gasteiger partial charge in [0.05, 0.1) is 15.5 Å². The highest BCUT2D eigenvalue weighted by molar-refractivity contribution is 9.10. The maximum atomic E-state index is 13.0. The van der Waals surface area contributed by atoms with Crippen LogP contribution in [0.4, 0.5) is 10.1 Å². The monoisotopic (exact) mass is 321 g/mol. The van der Waals surface area contributed by atoms with E-state index < -0.39 is 16.4 Å². The molecule has 0 aliphatic carbocycles. The summed E-state index contributed by atoms with van der Waals surface area (Å²) in [6, 6.07) is 1.94. The van der Waals surface area contributed by atoms with Gasteiger partial charge in [0.25, 0.3) is 0 Å². The first-order valence-electron chi connectivity index (χ1n) is 4.58. The van der Waals surface area contributed by atoms with Gasteiger partial charge in [0, 0.05) is 5.75 Å². The molecule has 0 saturated carbocycles. The molecule has 92 valence electrons. The van der Waals surface area contributed by atoms with E-state index >= 15 is 0 Å². The molecule has 0 aliphatic rings. The van der Waals surface area contributed by atoms with Crippen molar-refractivity contribution in [2.24, 2.45) is 0 Å². The van der Waals surface area contributed by atoms with E-state index in [1.54, 1.807) is 12.2 Å². The first-order chi connectivity index (χ1) is 8.06. The summed E-state index contributed by atoms with van der Waals surface area (Å²) in [5, 5.41) is 10.7. The molecule has 17 heavy (non-hydrogen) atoms. The lowest BCUT2D eigenvalue weighted by Crippen LogP contribution is -2.00. The molecule has 0 fully saturated rings. The van der Waals surface area contributed by atoms with Gasteiger partial charge >= 0.3 is 5.69 Å². The van der Waals surface area contributed by atoms with Crippen LogP contribution in [0.1, 0.15) is 0 Å². The van der Waals surface area contributed by atoms with E-state index in [1.165, 1.54) is 0 Å². The molecular formula is C10H9BrFNO3S. The number of benzene rings is 1. The zero-order valence-corrected chi connectivity index (χ0v) is 11.1. The number of hydrogen-bond acceptors (Lipinski definition) is 4. The number of ether oxygens (including phenoxy) is 1. The fourth-order valence-corrected chi connectivity index (χ4v) is 1.78. The van der Waals surface area contributed by atoms with Crippen molar-refractivity contribution < 1.29 is 14.1 Å². The number of thiol groups is 1. The Kier molecular flexibility index (Phi) is 5.43. The Labute approximate surface area is 111 Å². The minimum atomic E-state index is -0.693. The largest absolute Gasteiger partial charge is 0.482 e. The summed E-state index contributed by atoms with van der Waals surface area (Å²) in [4.78, 5) is 10.0. The van der Waals surface area contributed by atoms with E-state index in [9.17, 15) is 14.5 Å². The third kappa shape index (κ3) is 4.01. The van der Waals surface area contributed by atoms with Crippen LogP contribution in [0.5, 0.6) is 5.75 Å². The van der Waals surface area contributed by atoms with Crippen molar-refractivity contribution in [3.05, 3.63) is 44.7 Å². The maximum absolute atomic E-state index is 13.0. The molecule has 0 spiro atoms. The molecule has 0 saturated heterocycles. The van der Waals surface area contributed by atoms with Crippen molar-refractivity contribution >= 4 is 34.2 Å². The van der Waals surface area contributed by atoms with Crippen molar-refractivity contribution in [3.8, 4) is 5.75 Å². The third-order valence-electron chi connectivity index (χ3n) is 1.78. The Hall–Kier alpha value is -1.08. The average Bonchev–Trinajstić information content (AvgIpc) is 2.25. The van der Waals surface area contributed by atoms with Gasteiger partial charge in [-0.1, -0.05) is 12.2 Å². The lowest BCUT2D eigenvalue weighted by Gasteiger charge is -2.06. The van der Waals surface area contributed by atoms with E-state index in [0.29, 0.717) is 5.75 Å². The second-order valence-corrected chi connectivity index (χ2v) is 4.18. The van der Waals surface area contributed by atoms with Crippen molar-refractivity contribution in [2.75, 3.05) is 12.4 Å². The minimum absolute atomic E-state index is 0.0141. The van der Waals surface area contributed by atoms with Gasteiger partial charge in [-0.3, -0.25) is 10.1 Å². The van der Waals surface area contributed by atoms with Crippen LogP contribution < -0.4 is 4.74 Å². The lowest BCUT2D eigenvalue weighted by molar-refractivity contribution is -0.386. The quantitative estimate of drug-likeness (QED) is 0.391. The van der Waals surface area contributed by atoms with Crippen LogP contribution in [0, 0.1) is 15.9 Å². The summed E-state index contributed by atoms with van der Waals surface area (Å²) in [5.74, 6) is -0.127. The Morgan fingerprint density at radius 1 is 1.53 bits per heavy atom. The zero-order valence-electron chi connectivity index (χ0n) is 8.60. The summed E-state index contributed by atoms with van der Waals surface area (Å²) in [6.07, 6.45) is 3.42. The van der Waals surface area contributed by atoms with Crippen molar-refractivity contribution in [1.29, 1.82) is 0 Å². The first-order valence-corrected chi connectivity index (χ1v) is 6.01. The zero-order chi connectivity index (χ0) is 12.8. The summed E-state index contributed by atoms with van der Waals surface area (Å²) in [7, 11) is 0. The molecule has 7 heteroatoms. The van der Waals surface area contributed by atoms with Crippen LogP contribution >= 0.6 is 28.6 Å². The second-order valence-electron chi connectivity index (χ2n) is 2.96. The summed E-state index contributed by atoms with van der Waals surface area (Å²) in [5.41, 5.74) is -0.406. The van der Waals surface area contributed by atoms with E-state index in [-0.39, 0.29) is 16.8 Å². The van der Waals surface area contributed by atoms with E-state index in [4.69, 9.17) is 4.74 Å². The molecular weight excluding hydrogens is 313 g/mol. The van der Waals surface area contributed by atoms with Crippen LogP contribution in [0.2, 0.25) is 0 Å². The fourth-order valence-electron chi connectivity index (χ4n) is 1.10. The van der Waals surface area contributed by atoms with Crippen molar-refractivity contribution in [2.45, 2.75) is 0 Å². The fraction of sp³-hybridized carbons (Fsp3) is 0.200. The highest BCUT2D eigenvalue weighted by Gasteiger charge is 2.20. The molecule has 0 N–H and O–H groups in total. The molecule has 1 aromatic carbocycles. The predicted molar refractivity (Wildman–Crippen MR) is 69.2 cm³/mol. The van der Waals surface area contributed by atoms with Crippen LogP contribution in [0.3, 0.4) is 0 Å². The Morgan fingerprint density at radius 2 is 2.24 bits per heavy atom. The number of rotatable bonds is 5. The Balaban J connectivity index is 2.96. The molecule has 1 rings (SSSR count). The topological polar surface area (TPSA) is 52.4 Å². The molecule has 0 unspecified atom stereocenters. The highest BCUT2D eigenvalue weighted by atomic mass is 79.9. The smallest absolute Gasteiger partial charge is 0.315 e. The maximum Gasteiger partial charge on any atom is 0.315 e. The van der Waals surface area contributed by atoms with Gasteiger partial charge in [-0.2, -0.15) is 12.6 Å². The standard InChI is InChI=1S/C10H9BrFNO3S/c11-8-5-7(12)6-9(13(14)15)10(8)16-3-1-2-4-17/h1-2,5-6,17H,3-4H2. The SMILES string of the molecule is O=[N+]([O-])c1cc(F)cc(Br)c1OCC=CCS. The molecule has 0 bridgehead atoms. The van der Waals surface area contributed by atoms with Gasteiger partial charge in [0.15, 0.2) is 0 Å². The summed E-state index contributed by atoms with van der Waals surface area (Å²) >= 11 is 6.98. The minimum Gasteiger partial charge on any atom is -0.482 e. The van der Waals surface area contributed by atoms with E-state index in [1.807, 2.05) is 0 Å². The summed E-state index contributed by atoms with van der Waals surface area (Å²) < 4.78 is 18.4. The Morgan fingerprint density at radius 3 is 2.82 bits per heavy atom. The molecule has 0 aromatic heterocycles.